The monoisotopic (exact) mass is 369 g/mol. The molecule has 3 aromatic heterocycles. The normalized spacial score (nSPS) is 11.1. The number of hydrogen-bond acceptors (Lipinski definition) is 7. The Morgan fingerprint density at radius 1 is 1.20 bits per heavy atom. The first-order chi connectivity index (χ1) is 12.2. The lowest BCUT2D eigenvalue weighted by Crippen LogP contribution is -2.02. The van der Waals surface area contributed by atoms with Crippen molar-refractivity contribution in [2.75, 3.05) is 0 Å². The first-order valence-corrected chi connectivity index (χ1v) is 9.55. The SMILES string of the molecule is Cc1cccc(-n2nnnc2SCc2csc(-c3ccco3)n2)c1C. The highest BCUT2D eigenvalue weighted by Crippen LogP contribution is 2.28. The van der Waals surface area contributed by atoms with Crippen molar-refractivity contribution in [2.45, 2.75) is 24.8 Å². The fraction of sp³-hybridized carbons (Fsp3) is 0.176. The Hall–Kier alpha value is -2.45. The van der Waals surface area contributed by atoms with Crippen LogP contribution in [0.4, 0.5) is 0 Å². The van der Waals surface area contributed by atoms with Crippen molar-refractivity contribution in [1.82, 2.24) is 25.2 Å². The average Bonchev–Trinajstić information content (AvgIpc) is 3.36. The number of benzene rings is 1. The molecule has 0 fully saturated rings. The Balaban J connectivity index is 1.53. The topological polar surface area (TPSA) is 69.6 Å². The summed E-state index contributed by atoms with van der Waals surface area (Å²) in [6, 6.07) is 9.91. The molecule has 4 aromatic rings. The molecule has 8 heteroatoms. The second-order valence-electron chi connectivity index (χ2n) is 5.50. The zero-order valence-corrected chi connectivity index (χ0v) is 15.3. The van der Waals surface area contributed by atoms with Crippen LogP contribution in [-0.2, 0) is 5.75 Å². The van der Waals surface area contributed by atoms with Crippen LogP contribution in [0.5, 0.6) is 0 Å². The van der Waals surface area contributed by atoms with E-state index in [1.54, 1.807) is 34.0 Å². The highest BCUT2D eigenvalue weighted by molar-refractivity contribution is 7.98. The van der Waals surface area contributed by atoms with Gasteiger partial charge in [0.05, 0.1) is 17.6 Å². The number of rotatable bonds is 5. The molecule has 4 rings (SSSR count). The third-order valence-electron chi connectivity index (χ3n) is 3.88. The van der Waals surface area contributed by atoms with Crippen LogP contribution in [0.2, 0.25) is 0 Å². The molecule has 3 heterocycles. The summed E-state index contributed by atoms with van der Waals surface area (Å²) in [5.41, 5.74) is 4.37. The van der Waals surface area contributed by atoms with Gasteiger partial charge >= 0.3 is 0 Å². The van der Waals surface area contributed by atoms with Crippen LogP contribution in [0.3, 0.4) is 0 Å². The van der Waals surface area contributed by atoms with E-state index in [2.05, 4.69) is 40.4 Å². The van der Waals surface area contributed by atoms with E-state index in [0.29, 0.717) is 5.75 Å². The molecule has 0 bridgehead atoms. The largest absolute Gasteiger partial charge is 0.462 e. The van der Waals surface area contributed by atoms with Gasteiger partial charge in [-0.15, -0.1) is 16.4 Å². The quantitative estimate of drug-likeness (QED) is 0.489. The third kappa shape index (κ3) is 3.22. The Morgan fingerprint density at radius 2 is 2.12 bits per heavy atom. The average molecular weight is 369 g/mol. The number of aryl methyl sites for hydroxylation is 1. The summed E-state index contributed by atoms with van der Waals surface area (Å²) in [6.45, 7) is 4.16. The molecule has 0 saturated carbocycles. The molecule has 0 aliphatic carbocycles. The lowest BCUT2D eigenvalue weighted by atomic mass is 10.1. The molecule has 6 nitrogen and oxygen atoms in total. The van der Waals surface area contributed by atoms with Gasteiger partial charge in [0.1, 0.15) is 0 Å². The molecular formula is C17H15N5OS2. The van der Waals surface area contributed by atoms with Gasteiger partial charge in [0.25, 0.3) is 0 Å². The minimum Gasteiger partial charge on any atom is -0.462 e. The second-order valence-corrected chi connectivity index (χ2v) is 7.30. The molecule has 0 spiro atoms. The Labute approximate surface area is 152 Å². The van der Waals surface area contributed by atoms with Crippen molar-refractivity contribution in [1.29, 1.82) is 0 Å². The highest BCUT2D eigenvalue weighted by Gasteiger charge is 2.13. The van der Waals surface area contributed by atoms with E-state index in [1.807, 2.05) is 29.6 Å². The van der Waals surface area contributed by atoms with Crippen LogP contribution in [0.25, 0.3) is 16.5 Å². The summed E-state index contributed by atoms with van der Waals surface area (Å²) >= 11 is 3.14. The lowest BCUT2D eigenvalue weighted by Gasteiger charge is -2.09. The van der Waals surface area contributed by atoms with E-state index in [4.69, 9.17) is 4.42 Å². The fourth-order valence-electron chi connectivity index (χ4n) is 2.41. The maximum atomic E-state index is 5.39. The highest BCUT2D eigenvalue weighted by atomic mass is 32.2. The number of aromatic nitrogens is 5. The van der Waals surface area contributed by atoms with E-state index in [0.717, 1.165) is 27.3 Å². The van der Waals surface area contributed by atoms with Crippen LogP contribution < -0.4 is 0 Å². The van der Waals surface area contributed by atoms with Crippen molar-refractivity contribution in [3.8, 4) is 16.5 Å². The summed E-state index contributed by atoms with van der Waals surface area (Å²) in [4.78, 5) is 4.61. The maximum Gasteiger partial charge on any atom is 0.214 e. The number of hydrogen-bond donors (Lipinski definition) is 0. The standard InChI is InChI=1S/C17H15N5OS2/c1-11-5-3-6-14(12(11)2)22-17(19-20-21-22)25-10-13-9-24-16(18-13)15-7-4-8-23-15/h3-9H,10H2,1-2H3. The summed E-state index contributed by atoms with van der Waals surface area (Å²) in [5, 5.41) is 15.8. The molecule has 0 saturated heterocycles. The maximum absolute atomic E-state index is 5.39. The number of furan rings is 1. The molecule has 0 unspecified atom stereocenters. The molecule has 1 aromatic carbocycles. The van der Waals surface area contributed by atoms with Gasteiger partial charge in [-0.3, -0.25) is 0 Å². The van der Waals surface area contributed by atoms with Crippen molar-refractivity contribution in [3.63, 3.8) is 0 Å². The zero-order chi connectivity index (χ0) is 17.2. The summed E-state index contributed by atoms with van der Waals surface area (Å²) in [7, 11) is 0. The number of thiazole rings is 1. The summed E-state index contributed by atoms with van der Waals surface area (Å²) in [6.07, 6.45) is 1.66. The van der Waals surface area contributed by atoms with Gasteiger partial charge in [-0.2, -0.15) is 4.68 Å². The van der Waals surface area contributed by atoms with E-state index in [9.17, 15) is 0 Å². The Bertz CT molecular complexity index is 990. The minimum absolute atomic E-state index is 0.697. The first-order valence-electron chi connectivity index (χ1n) is 7.68. The van der Waals surface area contributed by atoms with E-state index < -0.39 is 0 Å². The van der Waals surface area contributed by atoms with Crippen molar-refractivity contribution < 1.29 is 4.42 Å². The van der Waals surface area contributed by atoms with Gasteiger partial charge in [-0.25, -0.2) is 4.98 Å². The second kappa shape index (κ2) is 6.81. The third-order valence-corrected chi connectivity index (χ3v) is 5.74. The van der Waals surface area contributed by atoms with Gasteiger partial charge in [0, 0.05) is 11.1 Å². The van der Waals surface area contributed by atoms with Gasteiger partial charge in [-0.1, -0.05) is 23.9 Å². The van der Waals surface area contributed by atoms with E-state index in [-0.39, 0.29) is 0 Å². The zero-order valence-electron chi connectivity index (χ0n) is 13.7. The first kappa shape index (κ1) is 16.0. The molecular weight excluding hydrogens is 354 g/mol. The smallest absolute Gasteiger partial charge is 0.214 e. The molecule has 0 radical (unpaired) electrons. The van der Waals surface area contributed by atoms with Crippen LogP contribution in [0, 0.1) is 13.8 Å². The molecule has 0 amide bonds. The van der Waals surface area contributed by atoms with Gasteiger partial charge < -0.3 is 4.42 Å². The van der Waals surface area contributed by atoms with Crippen LogP contribution in [0.1, 0.15) is 16.8 Å². The number of thioether (sulfide) groups is 1. The van der Waals surface area contributed by atoms with Gasteiger partial charge in [-0.05, 0) is 53.6 Å². The molecule has 25 heavy (non-hydrogen) atoms. The van der Waals surface area contributed by atoms with E-state index in [1.165, 1.54) is 11.1 Å². The molecule has 126 valence electrons. The van der Waals surface area contributed by atoms with Crippen molar-refractivity contribution in [2.24, 2.45) is 0 Å². The van der Waals surface area contributed by atoms with Crippen LogP contribution >= 0.6 is 23.1 Å². The number of nitrogens with zero attached hydrogens (tertiary/aromatic N) is 5. The summed E-state index contributed by atoms with van der Waals surface area (Å²) in [5.74, 6) is 1.49. The van der Waals surface area contributed by atoms with Gasteiger partial charge in [0.2, 0.25) is 5.16 Å². The minimum atomic E-state index is 0.697. The summed E-state index contributed by atoms with van der Waals surface area (Å²) < 4.78 is 7.17. The Morgan fingerprint density at radius 3 is 2.96 bits per heavy atom. The fourth-order valence-corrected chi connectivity index (χ4v) is 4.08. The number of tetrazole rings is 1. The van der Waals surface area contributed by atoms with E-state index >= 15 is 0 Å². The predicted molar refractivity (Wildman–Crippen MR) is 98.0 cm³/mol. The van der Waals surface area contributed by atoms with Crippen LogP contribution in [0.15, 0.2) is 51.5 Å². The molecule has 0 N–H and O–H groups in total. The molecule has 0 aliphatic rings. The Kier molecular flexibility index (Phi) is 4.37. The van der Waals surface area contributed by atoms with Crippen LogP contribution in [-0.4, -0.2) is 25.2 Å². The van der Waals surface area contributed by atoms with Crippen molar-refractivity contribution >= 4 is 23.1 Å². The predicted octanol–water partition coefficient (Wildman–Crippen LogP) is 4.29. The lowest BCUT2D eigenvalue weighted by molar-refractivity contribution is 0.581. The van der Waals surface area contributed by atoms with Crippen molar-refractivity contribution in [3.05, 3.63) is 58.8 Å². The molecule has 0 aliphatic heterocycles. The van der Waals surface area contributed by atoms with Gasteiger partial charge in [0.15, 0.2) is 10.8 Å². The molecule has 0 atom stereocenters.